The summed E-state index contributed by atoms with van der Waals surface area (Å²) in [5.74, 6) is 3.06. The summed E-state index contributed by atoms with van der Waals surface area (Å²) in [6.45, 7) is 10.1. The monoisotopic (exact) mass is 693 g/mol. The summed E-state index contributed by atoms with van der Waals surface area (Å²) in [5.41, 5.74) is 1.94. The van der Waals surface area contributed by atoms with Crippen LogP contribution in [0.25, 0.3) is 10.9 Å². The Bertz CT molecular complexity index is 1790. The highest BCUT2D eigenvalue weighted by atomic mass is 19.3. The number of alkyl halides is 2. The number of halogens is 3. The van der Waals surface area contributed by atoms with Crippen molar-refractivity contribution in [3.8, 4) is 5.75 Å². The van der Waals surface area contributed by atoms with Crippen LogP contribution in [-0.2, 0) is 13.0 Å². The van der Waals surface area contributed by atoms with Crippen LogP contribution in [0, 0.1) is 29.0 Å². The molecular weight excluding hydrogens is 643 g/mol. The van der Waals surface area contributed by atoms with Gasteiger partial charge < -0.3 is 25.6 Å². The summed E-state index contributed by atoms with van der Waals surface area (Å²) >= 11 is 0. The zero-order chi connectivity index (χ0) is 35.2. The van der Waals surface area contributed by atoms with E-state index in [0.29, 0.717) is 88.9 Å². The zero-order valence-electron chi connectivity index (χ0n) is 29.5. The fraction of sp³-hybridized carbons (Fsp3) is 0.605. The molecule has 5 aliphatic rings. The number of piperidine rings is 1. The van der Waals surface area contributed by atoms with Gasteiger partial charge in [-0.1, -0.05) is 26.8 Å². The average molecular weight is 694 g/mol. The molecule has 5 atom stereocenters. The fourth-order valence-corrected chi connectivity index (χ4v) is 8.93. The summed E-state index contributed by atoms with van der Waals surface area (Å²) < 4.78 is 49.5. The van der Waals surface area contributed by atoms with Crippen LogP contribution in [-0.4, -0.2) is 78.8 Å². The summed E-state index contributed by atoms with van der Waals surface area (Å²) in [4.78, 5) is 26.5. The number of aryl methyl sites for hydroxylation is 1. The number of nitrogens with zero attached hydrogens (tertiary/aromatic N) is 4. The number of rotatable bonds is 8. The van der Waals surface area contributed by atoms with Gasteiger partial charge in [-0.15, -0.1) is 0 Å². The molecule has 3 heterocycles. The first-order chi connectivity index (χ1) is 24.0. The zero-order valence-corrected chi connectivity index (χ0v) is 29.5. The van der Waals surface area contributed by atoms with Crippen molar-refractivity contribution in [2.24, 2.45) is 28.2 Å². The number of benzene rings is 2. The number of aromatic nitrogens is 2. The van der Waals surface area contributed by atoms with E-state index < -0.39 is 12.5 Å². The molecule has 3 N–H and O–H groups in total. The molecule has 2 bridgehead atoms. The van der Waals surface area contributed by atoms with Crippen molar-refractivity contribution in [1.29, 1.82) is 0 Å². The highest BCUT2D eigenvalue weighted by molar-refractivity contribution is 5.96. The van der Waals surface area contributed by atoms with Crippen LogP contribution in [0.5, 0.6) is 5.75 Å². The highest BCUT2D eigenvalue weighted by Gasteiger charge is 2.56. The molecule has 50 heavy (non-hydrogen) atoms. The first-order valence-corrected chi connectivity index (χ1v) is 18.2. The molecule has 0 amide bonds. The Hall–Kier alpha value is -3.64. The van der Waals surface area contributed by atoms with Crippen LogP contribution in [0.1, 0.15) is 63.8 Å². The quantitative estimate of drug-likeness (QED) is 0.208. The third-order valence-corrected chi connectivity index (χ3v) is 12.2. The minimum absolute atomic E-state index is 0.0819. The number of anilines is 1. The van der Waals surface area contributed by atoms with Crippen LogP contribution in [0.3, 0.4) is 0 Å². The second kappa shape index (κ2) is 14.2. The normalized spacial score (nSPS) is 27.0. The van der Waals surface area contributed by atoms with Gasteiger partial charge in [0.25, 0.3) is 12.0 Å². The molecule has 2 aromatic carbocycles. The van der Waals surface area contributed by atoms with Gasteiger partial charge in [0.1, 0.15) is 17.4 Å². The van der Waals surface area contributed by atoms with Crippen LogP contribution < -0.4 is 26.2 Å². The van der Waals surface area contributed by atoms with Crippen LogP contribution in [0.2, 0.25) is 0 Å². The molecule has 1 unspecified atom stereocenters. The summed E-state index contributed by atoms with van der Waals surface area (Å²) in [5, 5.41) is 10.3. The van der Waals surface area contributed by atoms with Crippen molar-refractivity contribution >= 4 is 22.5 Å². The topological polar surface area (TPSA) is 95.8 Å². The van der Waals surface area contributed by atoms with Crippen LogP contribution >= 0.6 is 0 Å². The van der Waals surface area contributed by atoms with E-state index in [2.05, 4.69) is 36.7 Å². The molecule has 12 heteroatoms. The molecule has 0 radical (unpaired) electrons. The van der Waals surface area contributed by atoms with Crippen molar-refractivity contribution in [2.75, 3.05) is 45.2 Å². The Morgan fingerprint density at radius 2 is 1.94 bits per heavy atom. The number of methoxy groups -OCH3 is 1. The van der Waals surface area contributed by atoms with Gasteiger partial charge in [-0.2, -0.15) is 0 Å². The number of hydrogen-bond acceptors (Lipinski definition) is 6. The van der Waals surface area contributed by atoms with Crippen molar-refractivity contribution in [3.05, 3.63) is 64.0 Å². The number of ether oxygens (including phenoxy) is 1. The maximum atomic E-state index is 14.9. The molecule has 9 nitrogen and oxygen atoms in total. The maximum absolute atomic E-state index is 14.9. The Kier molecular flexibility index (Phi) is 9.86. The van der Waals surface area contributed by atoms with E-state index in [4.69, 9.17) is 14.7 Å². The Morgan fingerprint density at radius 3 is 2.64 bits per heavy atom. The van der Waals surface area contributed by atoms with Gasteiger partial charge in [0.05, 0.1) is 30.1 Å². The average Bonchev–Trinajstić information content (AvgIpc) is 3.12. The van der Waals surface area contributed by atoms with Gasteiger partial charge in [-0.25, -0.2) is 23.1 Å². The molecule has 3 saturated carbocycles. The van der Waals surface area contributed by atoms with E-state index in [1.54, 1.807) is 22.8 Å². The molecule has 2 aliphatic heterocycles. The molecular formula is C38H50F3N7O2. The van der Waals surface area contributed by atoms with E-state index in [9.17, 15) is 18.0 Å². The fourth-order valence-electron chi connectivity index (χ4n) is 8.93. The third-order valence-electron chi connectivity index (χ3n) is 12.2. The Morgan fingerprint density at radius 1 is 1.14 bits per heavy atom. The smallest absolute Gasteiger partial charge is 0.261 e. The lowest BCUT2D eigenvalue weighted by molar-refractivity contribution is -0.108. The lowest BCUT2D eigenvalue weighted by Gasteiger charge is -2.61. The molecule has 3 aromatic rings. The van der Waals surface area contributed by atoms with Crippen molar-refractivity contribution in [2.45, 2.75) is 83.8 Å². The van der Waals surface area contributed by atoms with Gasteiger partial charge in [0.2, 0.25) is 0 Å². The molecule has 3 aliphatic carbocycles. The minimum atomic E-state index is -2.48. The Balaban J connectivity index is 1.21. The number of nitrogens with one attached hydrogen (secondary N) is 3. The Labute approximate surface area is 292 Å². The SMILES string of the molecule is COc1ccc(CCn2c(C3CCNCC3)nc3cc(N/C(=N/C4C[C@H]5C[C@@H]([C@@H]4C)C5(C)C)N4CCN[C@@H](C(F)F)C4)ccc3c2=O)c(F)c1. The molecule has 8 rings (SSSR count). The second-order valence-corrected chi connectivity index (χ2v) is 15.3. The molecule has 5 fully saturated rings. The maximum Gasteiger partial charge on any atom is 0.261 e. The van der Waals surface area contributed by atoms with Gasteiger partial charge in [0.15, 0.2) is 5.96 Å². The summed E-state index contributed by atoms with van der Waals surface area (Å²) in [6.07, 6.45) is 1.75. The molecule has 1 aromatic heterocycles. The molecule has 270 valence electrons. The van der Waals surface area contributed by atoms with Gasteiger partial charge in [0, 0.05) is 43.9 Å². The van der Waals surface area contributed by atoms with Gasteiger partial charge >= 0.3 is 0 Å². The largest absolute Gasteiger partial charge is 0.497 e. The second-order valence-electron chi connectivity index (χ2n) is 15.3. The minimum Gasteiger partial charge on any atom is -0.497 e. The lowest BCUT2D eigenvalue weighted by atomic mass is 9.45. The molecule has 0 spiro atoms. The molecule has 2 saturated heterocycles. The number of piperazine rings is 1. The van der Waals surface area contributed by atoms with Gasteiger partial charge in [-0.3, -0.25) is 9.36 Å². The van der Waals surface area contributed by atoms with Crippen molar-refractivity contribution in [3.63, 3.8) is 0 Å². The van der Waals surface area contributed by atoms with E-state index in [-0.39, 0.29) is 29.9 Å². The van der Waals surface area contributed by atoms with Crippen molar-refractivity contribution in [1.82, 2.24) is 25.1 Å². The predicted octanol–water partition coefficient (Wildman–Crippen LogP) is 5.63. The predicted molar refractivity (Wildman–Crippen MR) is 191 cm³/mol. The number of fused-ring (bicyclic) bond motifs is 3. The first kappa shape index (κ1) is 34.8. The van der Waals surface area contributed by atoms with Gasteiger partial charge in [-0.05, 0) is 98.2 Å². The van der Waals surface area contributed by atoms with Crippen LogP contribution in [0.4, 0.5) is 18.9 Å². The number of guanidine groups is 1. The van der Waals surface area contributed by atoms with E-state index in [0.717, 1.165) is 32.4 Å². The van der Waals surface area contributed by atoms with Crippen LogP contribution in [0.15, 0.2) is 46.2 Å². The van der Waals surface area contributed by atoms with Crippen molar-refractivity contribution < 1.29 is 17.9 Å². The first-order valence-electron chi connectivity index (χ1n) is 18.2. The van der Waals surface area contributed by atoms with E-state index >= 15 is 0 Å². The highest BCUT2D eigenvalue weighted by Crippen LogP contribution is 2.61. The van der Waals surface area contributed by atoms with E-state index in [1.165, 1.54) is 19.6 Å². The standard InChI is InChI=1S/C38H50F3N7O2/c1-22-29-17-25(38(29,2)3)18-31(22)46-37(47-16-14-43-33(21-47)34(40)41)44-26-6-8-28-32(19-26)45-35(24-9-12-42-13-10-24)48(36(28)49)15-11-23-5-7-27(50-4)20-30(23)39/h5-8,19-20,22,24-25,29,31,33-34,42-43H,9-18,21H2,1-4H3,(H,44,46)/t22-,25+,29-,31?,33+/m0/s1. The third kappa shape index (κ3) is 6.73. The number of aliphatic imine (C=N–C) groups is 1. The summed E-state index contributed by atoms with van der Waals surface area (Å²) in [7, 11) is 1.50. The number of hydrogen-bond donors (Lipinski definition) is 3. The van der Waals surface area contributed by atoms with E-state index in [1.807, 2.05) is 17.0 Å². The summed E-state index contributed by atoms with van der Waals surface area (Å²) in [6, 6.07) is 9.45. The lowest BCUT2D eigenvalue weighted by Crippen LogP contribution is -2.58.